The molecule has 0 atom stereocenters. The summed E-state index contributed by atoms with van der Waals surface area (Å²) >= 11 is 0. The summed E-state index contributed by atoms with van der Waals surface area (Å²) in [5.41, 5.74) is 13.0. The van der Waals surface area contributed by atoms with Crippen molar-refractivity contribution in [3.8, 4) is 28.2 Å². The lowest BCUT2D eigenvalue weighted by Crippen LogP contribution is -2.74. The van der Waals surface area contributed by atoms with Gasteiger partial charge < -0.3 is 13.7 Å². The third kappa shape index (κ3) is 6.07. The molecule has 4 heteroatoms. The van der Waals surface area contributed by atoms with Crippen molar-refractivity contribution in [1.29, 1.82) is 0 Å². The lowest BCUT2D eigenvalue weighted by Gasteiger charge is -2.34. The van der Waals surface area contributed by atoms with Crippen LogP contribution in [-0.4, -0.2) is 21.8 Å². The maximum absolute atomic E-state index is 2.86. The number of benzene rings is 11. The molecule has 3 aromatic heterocycles. The highest BCUT2D eigenvalue weighted by Crippen LogP contribution is 2.40. The molecule has 70 heavy (non-hydrogen) atoms. The molecule has 3 heterocycles. The van der Waals surface area contributed by atoms with Crippen LogP contribution in [0.15, 0.2) is 273 Å². The van der Waals surface area contributed by atoms with Gasteiger partial charge in [-0.25, -0.2) is 0 Å². The Hall–Kier alpha value is -8.96. The minimum absolute atomic E-state index is 1.13. The first-order valence-electron chi connectivity index (χ1n) is 24.2. The second kappa shape index (κ2) is 16.1. The highest BCUT2D eigenvalue weighted by Gasteiger charge is 2.41. The summed E-state index contributed by atoms with van der Waals surface area (Å²) in [4.78, 5) is 0. The molecule has 0 aliphatic heterocycles. The van der Waals surface area contributed by atoms with E-state index in [1.54, 1.807) is 0 Å². The average molecular weight is 908 g/mol. The summed E-state index contributed by atoms with van der Waals surface area (Å²) < 4.78 is 7.36. The van der Waals surface area contributed by atoms with E-state index in [0.717, 1.165) is 17.1 Å². The van der Waals surface area contributed by atoms with Crippen LogP contribution in [0.3, 0.4) is 0 Å². The molecule has 14 rings (SSSR count). The summed E-state index contributed by atoms with van der Waals surface area (Å²) in [5.74, 6) is 0. The normalized spacial score (nSPS) is 12.0. The zero-order valence-corrected chi connectivity index (χ0v) is 39.3. The van der Waals surface area contributed by atoms with Gasteiger partial charge in [-0.05, 0) is 111 Å². The topological polar surface area (TPSA) is 14.8 Å². The highest BCUT2D eigenvalue weighted by atomic mass is 28.3. The standard InChI is InChI=1S/C66H45N3Si/c1-6-20-46(21-7-1)47-34-38-63-57(42-47)55-30-16-19-33-62(55)68(63)50-36-40-65-59(44-50)60-45-54(70(51-24-10-3-11-25-51,52-26-12-4-13-27-52)53-28-14-5-15-29-53)37-41-66(60)69(65)49-35-39-64-58(43-49)56-31-17-18-32-61(56)67(64)48-22-8-2-9-23-48/h1-45H. The number of hydrogen-bond acceptors (Lipinski definition) is 0. The van der Waals surface area contributed by atoms with Crippen molar-refractivity contribution in [1.82, 2.24) is 13.7 Å². The molecule has 0 amide bonds. The Morgan fingerprint density at radius 2 is 0.557 bits per heavy atom. The van der Waals surface area contributed by atoms with E-state index in [2.05, 4.69) is 287 Å². The Kier molecular flexibility index (Phi) is 9.23. The van der Waals surface area contributed by atoms with Gasteiger partial charge in [0, 0.05) is 49.4 Å². The summed E-state index contributed by atoms with van der Waals surface area (Å²) in [5, 5.41) is 12.8. The summed E-state index contributed by atoms with van der Waals surface area (Å²) in [6.45, 7) is 0. The molecular weight excluding hydrogens is 863 g/mol. The van der Waals surface area contributed by atoms with E-state index < -0.39 is 8.07 Å². The SMILES string of the molecule is c1ccc(-c2ccc3c(c2)c2ccccc2n3-c2ccc3c(c2)c2cc([Si](c4ccccc4)(c4ccccc4)c4ccccc4)ccc2n3-c2ccc3c(c2)c2ccccc2n3-c2ccccc2)cc1. The zero-order valence-electron chi connectivity index (χ0n) is 38.3. The third-order valence-electron chi connectivity index (χ3n) is 14.8. The second-order valence-electron chi connectivity index (χ2n) is 18.5. The predicted octanol–water partition coefficient (Wildman–Crippen LogP) is 14.0. The molecule has 0 saturated carbocycles. The van der Waals surface area contributed by atoms with Gasteiger partial charge in [-0.3, -0.25) is 0 Å². The molecule has 328 valence electrons. The van der Waals surface area contributed by atoms with E-state index in [-0.39, 0.29) is 0 Å². The lowest BCUT2D eigenvalue weighted by atomic mass is 10.0. The first-order valence-corrected chi connectivity index (χ1v) is 26.2. The van der Waals surface area contributed by atoms with Crippen LogP contribution in [0.2, 0.25) is 0 Å². The van der Waals surface area contributed by atoms with E-state index in [4.69, 9.17) is 0 Å². The highest BCUT2D eigenvalue weighted by molar-refractivity contribution is 7.20. The monoisotopic (exact) mass is 907 g/mol. The number of para-hydroxylation sites is 3. The summed E-state index contributed by atoms with van der Waals surface area (Å²) in [6.07, 6.45) is 0. The Labute approximate surface area is 407 Å². The van der Waals surface area contributed by atoms with Crippen molar-refractivity contribution in [2.45, 2.75) is 0 Å². The molecule has 0 fully saturated rings. The van der Waals surface area contributed by atoms with Crippen molar-refractivity contribution < 1.29 is 0 Å². The van der Waals surface area contributed by atoms with Gasteiger partial charge in [-0.2, -0.15) is 0 Å². The van der Waals surface area contributed by atoms with Gasteiger partial charge in [0.1, 0.15) is 0 Å². The maximum atomic E-state index is 2.55. The maximum Gasteiger partial charge on any atom is 0.179 e. The number of fused-ring (bicyclic) bond motifs is 9. The van der Waals surface area contributed by atoms with Gasteiger partial charge >= 0.3 is 0 Å². The molecule has 0 N–H and O–H groups in total. The van der Waals surface area contributed by atoms with Crippen molar-refractivity contribution in [3.05, 3.63) is 273 Å². The van der Waals surface area contributed by atoms with Crippen LogP contribution in [0.25, 0.3) is 93.6 Å². The fraction of sp³-hybridized carbons (Fsp3) is 0. The molecular formula is C66H45N3Si. The van der Waals surface area contributed by atoms with E-state index in [1.807, 2.05) is 0 Å². The van der Waals surface area contributed by atoms with Crippen molar-refractivity contribution >= 4 is 94.2 Å². The number of aromatic nitrogens is 3. The summed E-state index contributed by atoms with van der Waals surface area (Å²) in [7, 11) is -2.86. The van der Waals surface area contributed by atoms with Crippen molar-refractivity contribution in [3.63, 3.8) is 0 Å². The lowest BCUT2D eigenvalue weighted by molar-refractivity contribution is 1.16. The fourth-order valence-electron chi connectivity index (χ4n) is 11.7. The Balaban J connectivity index is 1.07. The van der Waals surface area contributed by atoms with Crippen LogP contribution in [0.4, 0.5) is 0 Å². The van der Waals surface area contributed by atoms with Crippen LogP contribution in [0.1, 0.15) is 0 Å². The van der Waals surface area contributed by atoms with Gasteiger partial charge in [-0.1, -0.05) is 194 Å². The second-order valence-corrected chi connectivity index (χ2v) is 22.3. The Morgan fingerprint density at radius 1 is 0.200 bits per heavy atom. The van der Waals surface area contributed by atoms with Gasteiger partial charge in [-0.15, -0.1) is 0 Å². The Bertz CT molecular complexity index is 4170. The Morgan fingerprint density at radius 3 is 1.07 bits per heavy atom. The number of nitrogens with zero attached hydrogens (tertiary/aromatic N) is 3. The van der Waals surface area contributed by atoms with Crippen LogP contribution in [-0.2, 0) is 0 Å². The quantitative estimate of drug-likeness (QED) is 0.107. The van der Waals surface area contributed by atoms with Gasteiger partial charge in [0.05, 0.1) is 33.1 Å². The third-order valence-corrected chi connectivity index (χ3v) is 19.5. The first-order chi connectivity index (χ1) is 34.7. The van der Waals surface area contributed by atoms with Gasteiger partial charge in [0.2, 0.25) is 0 Å². The van der Waals surface area contributed by atoms with Crippen LogP contribution < -0.4 is 20.7 Å². The van der Waals surface area contributed by atoms with E-state index in [9.17, 15) is 0 Å². The number of rotatable bonds is 8. The smallest absolute Gasteiger partial charge is 0.179 e. The molecule has 0 radical (unpaired) electrons. The molecule has 0 aliphatic carbocycles. The van der Waals surface area contributed by atoms with E-state index in [0.29, 0.717) is 0 Å². The van der Waals surface area contributed by atoms with Gasteiger partial charge in [0.15, 0.2) is 8.07 Å². The van der Waals surface area contributed by atoms with Crippen molar-refractivity contribution in [2.75, 3.05) is 0 Å². The molecule has 0 saturated heterocycles. The first kappa shape index (κ1) is 40.1. The van der Waals surface area contributed by atoms with Gasteiger partial charge in [0.25, 0.3) is 0 Å². The molecule has 14 aromatic rings. The number of hydrogen-bond donors (Lipinski definition) is 0. The fourth-order valence-corrected chi connectivity index (χ4v) is 16.5. The van der Waals surface area contributed by atoms with Crippen LogP contribution in [0, 0.1) is 0 Å². The predicted molar refractivity (Wildman–Crippen MR) is 299 cm³/mol. The molecule has 0 bridgehead atoms. The zero-order chi connectivity index (χ0) is 46.2. The minimum atomic E-state index is -2.86. The summed E-state index contributed by atoms with van der Waals surface area (Å²) in [6, 6.07) is 101. The molecule has 0 unspecified atom stereocenters. The van der Waals surface area contributed by atoms with Crippen LogP contribution in [0.5, 0.6) is 0 Å². The molecule has 11 aromatic carbocycles. The molecule has 0 spiro atoms. The van der Waals surface area contributed by atoms with E-state index in [1.165, 1.54) is 97.3 Å². The van der Waals surface area contributed by atoms with E-state index >= 15 is 0 Å². The van der Waals surface area contributed by atoms with Crippen LogP contribution >= 0.6 is 0 Å². The molecule has 3 nitrogen and oxygen atoms in total. The largest absolute Gasteiger partial charge is 0.309 e. The van der Waals surface area contributed by atoms with Crippen molar-refractivity contribution in [2.24, 2.45) is 0 Å². The minimum Gasteiger partial charge on any atom is -0.309 e. The molecule has 0 aliphatic rings. The average Bonchev–Trinajstić information content (AvgIpc) is 4.07.